The topological polar surface area (TPSA) is 70.6 Å². The summed E-state index contributed by atoms with van der Waals surface area (Å²) in [5.74, 6) is -4.03. The number of carbonyl (C=O) groups excluding carboxylic acids is 1. The molecule has 2 fully saturated rings. The lowest BCUT2D eigenvalue weighted by atomic mass is 10.1. The molecule has 0 bridgehead atoms. The number of rotatable bonds is 6. The van der Waals surface area contributed by atoms with Crippen molar-refractivity contribution in [2.24, 2.45) is 5.92 Å². The van der Waals surface area contributed by atoms with Crippen molar-refractivity contribution >= 4 is 23.4 Å². The zero-order valence-corrected chi connectivity index (χ0v) is 19.8. The normalized spacial score (nSPS) is 20.8. The highest BCUT2D eigenvalue weighted by Crippen LogP contribution is 2.44. The molecule has 1 aromatic heterocycles. The highest BCUT2D eigenvalue weighted by molar-refractivity contribution is 5.98. The summed E-state index contributed by atoms with van der Waals surface area (Å²) in [7, 11) is 0. The summed E-state index contributed by atoms with van der Waals surface area (Å²) in [5, 5.41) is 3.01. The molecular formula is C24H26F5N5O2. The van der Waals surface area contributed by atoms with Gasteiger partial charge in [-0.25, -0.2) is 4.98 Å². The van der Waals surface area contributed by atoms with Crippen molar-refractivity contribution in [3.8, 4) is 0 Å². The van der Waals surface area contributed by atoms with Gasteiger partial charge in [-0.05, 0) is 44.7 Å². The van der Waals surface area contributed by atoms with Crippen LogP contribution in [0.15, 0.2) is 24.3 Å². The third-order valence-electron chi connectivity index (χ3n) is 6.80. The summed E-state index contributed by atoms with van der Waals surface area (Å²) < 4.78 is 71.4. The first-order valence-electron chi connectivity index (χ1n) is 11.9. The Labute approximate surface area is 204 Å². The van der Waals surface area contributed by atoms with Gasteiger partial charge in [-0.1, -0.05) is 12.1 Å². The molecule has 7 nitrogen and oxygen atoms in total. The van der Waals surface area contributed by atoms with Crippen LogP contribution in [0.1, 0.15) is 48.3 Å². The maximum absolute atomic E-state index is 13.7. The lowest BCUT2D eigenvalue weighted by Gasteiger charge is -2.33. The monoisotopic (exact) mass is 511 g/mol. The average Bonchev–Trinajstić information content (AvgIpc) is 3.62. The van der Waals surface area contributed by atoms with Crippen LogP contribution < -0.4 is 10.2 Å². The molecule has 2 aliphatic heterocycles. The molecule has 36 heavy (non-hydrogen) atoms. The number of hydrogen-bond acceptors (Lipinski definition) is 6. The Balaban J connectivity index is 1.46. The number of ether oxygens (including phenoxy) is 1. The third kappa shape index (κ3) is 4.46. The second-order valence-corrected chi connectivity index (χ2v) is 9.69. The number of carbonyl (C=O) groups is 1. The Morgan fingerprint density at radius 3 is 2.39 bits per heavy atom. The van der Waals surface area contributed by atoms with Gasteiger partial charge in [-0.3, -0.25) is 4.79 Å². The van der Waals surface area contributed by atoms with Crippen molar-refractivity contribution < 1.29 is 31.5 Å². The Kier molecular flexibility index (Phi) is 6.05. The second kappa shape index (κ2) is 8.82. The molecule has 3 aliphatic rings. The van der Waals surface area contributed by atoms with Gasteiger partial charge < -0.3 is 19.9 Å². The quantitative estimate of drug-likeness (QED) is 0.559. The zero-order chi connectivity index (χ0) is 25.8. The number of morpholine rings is 1. The number of hydrogen-bond donors (Lipinski definition) is 1. The van der Waals surface area contributed by atoms with Gasteiger partial charge in [0.2, 0.25) is 5.95 Å². The lowest BCUT2D eigenvalue weighted by Crippen LogP contribution is -2.44. The highest BCUT2D eigenvalue weighted by Gasteiger charge is 2.58. The molecule has 5 rings (SSSR count). The minimum atomic E-state index is -5.69. The zero-order valence-electron chi connectivity index (χ0n) is 19.8. The van der Waals surface area contributed by atoms with Gasteiger partial charge in [0.15, 0.2) is 0 Å². The average molecular weight is 511 g/mol. The summed E-state index contributed by atoms with van der Waals surface area (Å²) in [6.07, 6.45) is -3.40. The van der Waals surface area contributed by atoms with E-state index in [0.717, 1.165) is 37.1 Å². The van der Waals surface area contributed by atoms with E-state index in [1.54, 1.807) is 4.90 Å². The first-order valence-corrected chi connectivity index (χ1v) is 11.9. The van der Waals surface area contributed by atoms with Crippen molar-refractivity contribution in [2.75, 3.05) is 29.9 Å². The van der Waals surface area contributed by atoms with Crippen LogP contribution in [0.2, 0.25) is 0 Å². The van der Waals surface area contributed by atoms with Crippen LogP contribution in [0.4, 0.5) is 39.4 Å². The fourth-order valence-corrected chi connectivity index (χ4v) is 4.51. The largest absolute Gasteiger partial charge is 0.458 e. The van der Waals surface area contributed by atoms with Gasteiger partial charge >= 0.3 is 12.1 Å². The third-order valence-corrected chi connectivity index (χ3v) is 6.80. The second-order valence-electron chi connectivity index (χ2n) is 9.69. The van der Waals surface area contributed by atoms with Crippen molar-refractivity contribution in [3.63, 3.8) is 0 Å². The molecule has 3 heterocycles. The van der Waals surface area contributed by atoms with E-state index in [1.165, 1.54) is 0 Å². The maximum Gasteiger partial charge on any atom is 0.458 e. The minimum Gasteiger partial charge on any atom is -0.374 e. The summed E-state index contributed by atoms with van der Waals surface area (Å²) in [6.45, 7) is 5.66. The molecule has 1 saturated heterocycles. The molecule has 1 amide bonds. The number of alkyl halides is 5. The van der Waals surface area contributed by atoms with Crippen LogP contribution in [-0.2, 0) is 17.2 Å². The first-order chi connectivity index (χ1) is 17.0. The number of nitrogens with zero attached hydrogens (tertiary/aromatic N) is 4. The van der Waals surface area contributed by atoms with E-state index in [-0.39, 0.29) is 36.0 Å². The maximum atomic E-state index is 13.7. The van der Waals surface area contributed by atoms with Gasteiger partial charge in [0.25, 0.3) is 5.91 Å². The molecule has 1 aromatic carbocycles. The van der Waals surface area contributed by atoms with Gasteiger partial charge in [0.1, 0.15) is 11.5 Å². The Morgan fingerprint density at radius 2 is 1.78 bits per heavy atom. The molecule has 1 atom stereocenters. The molecule has 0 radical (unpaired) electrons. The Morgan fingerprint density at radius 1 is 1.08 bits per heavy atom. The molecule has 1 aliphatic carbocycles. The molecule has 2 aromatic rings. The van der Waals surface area contributed by atoms with E-state index >= 15 is 0 Å². The first kappa shape index (κ1) is 24.7. The van der Waals surface area contributed by atoms with E-state index in [4.69, 9.17) is 4.74 Å². The Hall–Kier alpha value is -3.02. The molecule has 1 unspecified atom stereocenters. The fourth-order valence-electron chi connectivity index (χ4n) is 4.51. The number of benzene rings is 1. The summed E-state index contributed by atoms with van der Waals surface area (Å²) >= 11 is 0. The molecule has 1 saturated carbocycles. The number of amides is 1. The van der Waals surface area contributed by atoms with Gasteiger partial charge in [0.05, 0.1) is 19.3 Å². The van der Waals surface area contributed by atoms with Crippen molar-refractivity contribution in [1.29, 1.82) is 0 Å². The van der Waals surface area contributed by atoms with Crippen molar-refractivity contribution in [3.05, 3.63) is 41.1 Å². The van der Waals surface area contributed by atoms with Crippen LogP contribution in [-0.4, -0.2) is 58.8 Å². The number of anilines is 3. The van der Waals surface area contributed by atoms with E-state index in [0.29, 0.717) is 42.9 Å². The molecule has 194 valence electrons. The SMILES string of the molecule is CC(C)N1Cc2c(Nc3ccc(C(F)(F)C(F)(F)F)cc3)nc(N3CCOC(C4CC4)C3)nc2C1=O. The predicted molar refractivity (Wildman–Crippen MR) is 121 cm³/mol. The molecular weight excluding hydrogens is 485 g/mol. The van der Waals surface area contributed by atoms with Gasteiger partial charge in [0, 0.05) is 35.9 Å². The Bertz CT molecular complexity index is 1150. The van der Waals surface area contributed by atoms with Crippen LogP contribution in [0.5, 0.6) is 0 Å². The number of fused-ring (bicyclic) bond motifs is 1. The highest BCUT2D eigenvalue weighted by atomic mass is 19.4. The van der Waals surface area contributed by atoms with Gasteiger partial charge in [-0.2, -0.15) is 26.9 Å². The summed E-state index contributed by atoms with van der Waals surface area (Å²) in [4.78, 5) is 25.9. The number of nitrogens with one attached hydrogen (secondary N) is 1. The smallest absolute Gasteiger partial charge is 0.374 e. The number of aromatic nitrogens is 2. The van der Waals surface area contributed by atoms with E-state index in [2.05, 4.69) is 15.3 Å². The molecule has 12 heteroatoms. The summed E-state index contributed by atoms with van der Waals surface area (Å²) in [6, 6.07) is 3.64. The summed E-state index contributed by atoms with van der Waals surface area (Å²) in [5.41, 5.74) is -0.0911. The predicted octanol–water partition coefficient (Wildman–Crippen LogP) is 4.85. The van der Waals surface area contributed by atoms with E-state index in [9.17, 15) is 26.7 Å². The van der Waals surface area contributed by atoms with Crippen LogP contribution in [0.25, 0.3) is 0 Å². The van der Waals surface area contributed by atoms with Crippen LogP contribution in [0.3, 0.4) is 0 Å². The van der Waals surface area contributed by atoms with E-state index in [1.807, 2.05) is 18.7 Å². The number of halogens is 5. The van der Waals surface area contributed by atoms with Crippen LogP contribution in [0, 0.1) is 5.92 Å². The molecule has 1 N–H and O–H groups in total. The minimum absolute atomic E-state index is 0.0673. The standard InChI is InChI=1S/C24H26F5N5O2/c1-13(2)34-11-17-19(21(34)35)31-22(33-9-10-36-18(12-33)14-3-4-14)32-20(17)30-16-7-5-15(6-8-16)23(25,26)24(27,28)29/h5-8,13-14,18H,3-4,9-12H2,1-2H3,(H,30,31,32). The van der Waals surface area contributed by atoms with Crippen LogP contribution >= 0.6 is 0 Å². The van der Waals surface area contributed by atoms with Crippen molar-refractivity contribution in [2.45, 2.75) is 57.5 Å². The fraction of sp³-hybridized carbons (Fsp3) is 0.542. The molecule has 0 spiro atoms. The van der Waals surface area contributed by atoms with E-state index < -0.39 is 17.7 Å². The van der Waals surface area contributed by atoms with Gasteiger partial charge in [-0.15, -0.1) is 0 Å². The lowest BCUT2D eigenvalue weighted by molar-refractivity contribution is -0.289. The van der Waals surface area contributed by atoms with Crippen molar-refractivity contribution in [1.82, 2.24) is 14.9 Å².